The highest BCUT2D eigenvalue weighted by Crippen LogP contribution is 2.46. The molecule has 2 heterocycles. The van der Waals surface area contributed by atoms with E-state index in [1.807, 2.05) is 0 Å². The van der Waals surface area contributed by atoms with E-state index in [9.17, 15) is 0 Å². The number of fused-ring (bicyclic) bond motifs is 12. The Hall–Kier alpha value is -7.55. The van der Waals surface area contributed by atoms with Crippen LogP contribution >= 0.6 is 6.04 Å². The lowest BCUT2D eigenvalue weighted by molar-refractivity contribution is 1.53. The molecule has 13 aromatic rings. The van der Waals surface area contributed by atoms with Crippen LogP contribution in [0.4, 0.5) is 0 Å². The zero-order valence-electron chi connectivity index (χ0n) is 34.6. The normalized spacial score (nSPS) is 12.1. The summed E-state index contributed by atoms with van der Waals surface area (Å²) in [4.78, 5) is 10.9. The van der Waals surface area contributed by atoms with E-state index in [-0.39, 0.29) is 0 Å². The third-order valence-corrected chi connectivity index (χ3v) is 18.3. The highest BCUT2D eigenvalue weighted by atomic mass is 32.4. The number of rotatable bonds is 5. The Morgan fingerprint density at radius 1 is 0.250 bits per heavy atom. The molecule has 0 saturated carbocycles. The van der Waals surface area contributed by atoms with Crippen molar-refractivity contribution in [3.8, 4) is 22.3 Å². The Kier molecular flexibility index (Phi) is 8.40. The minimum absolute atomic E-state index is 1.02. The molecule has 0 radical (unpaired) electrons. The first-order valence-corrected chi connectivity index (χ1v) is 24.6. The number of aromatic nitrogens is 2. The van der Waals surface area contributed by atoms with Crippen LogP contribution in [0.1, 0.15) is 0 Å². The summed E-state index contributed by atoms with van der Waals surface area (Å²) < 4.78 is 0. The Labute approximate surface area is 375 Å². The SMILES string of the molecule is S=P(c1ccccc1)(c1ccc(-c2c3ccc4ccccc4c3nc3c2ccc2ccccc23)cc1)c1ccc(-c2c3ccc4ccccc4c3nc3c2ccc2ccccc23)cc1. The van der Waals surface area contributed by atoms with Gasteiger partial charge in [0, 0.05) is 60.3 Å². The first-order valence-electron chi connectivity index (χ1n) is 21.8. The summed E-state index contributed by atoms with van der Waals surface area (Å²) in [6.07, 6.45) is 0. The molecule has 0 fully saturated rings. The van der Waals surface area contributed by atoms with E-state index in [1.165, 1.54) is 38.0 Å². The molecule has 0 unspecified atom stereocenters. The summed E-state index contributed by atoms with van der Waals surface area (Å²) in [5.74, 6) is 0. The van der Waals surface area contributed by atoms with Crippen LogP contribution in [0.5, 0.6) is 0 Å². The van der Waals surface area contributed by atoms with E-state index >= 15 is 0 Å². The van der Waals surface area contributed by atoms with Crippen molar-refractivity contribution in [2.75, 3.05) is 0 Å². The second-order valence-electron chi connectivity index (χ2n) is 16.7. The number of benzene rings is 11. The molecule has 2 nitrogen and oxygen atoms in total. The molecule has 11 aromatic carbocycles. The van der Waals surface area contributed by atoms with Crippen LogP contribution in [0.3, 0.4) is 0 Å². The molecule has 2 aromatic heterocycles. The van der Waals surface area contributed by atoms with Crippen LogP contribution in [0.25, 0.3) is 109 Å². The summed E-state index contributed by atoms with van der Waals surface area (Å²) in [7, 11) is 0. The van der Waals surface area contributed by atoms with Gasteiger partial charge in [0.05, 0.1) is 22.1 Å². The molecule has 0 N–H and O–H groups in total. The summed E-state index contributed by atoms with van der Waals surface area (Å²) in [5.41, 5.74) is 8.76. The molecule has 64 heavy (non-hydrogen) atoms. The van der Waals surface area contributed by atoms with Gasteiger partial charge in [-0.15, -0.1) is 0 Å². The number of hydrogen-bond acceptors (Lipinski definition) is 3. The van der Waals surface area contributed by atoms with Gasteiger partial charge in [-0.2, -0.15) is 0 Å². The largest absolute Gasteiger partial charge is 0.246 e. The average molecular weight is 849 g/mol. The quantitative estimate of drug-likeness (QED) is 0.0980. The predicted molar refractivity (Wildman–Crippen MR) is 279 cm³/mol. The van der Waals surface area contributed by atoms with Gasteiger partial charge in [-0.3, -0.25) is 0 Å². The standard InChI is InChI=1S/C60H37N2PS/c64-63(44-16-2-1-3-17-44,45-30-22-42(23-31-45)55-51-34-26-38-12-4-8-18-47(38)57(51)61-58-48-19-9-5-13-39(48)27-35-52(55)58)46-32-24-43(25-33-46)56-53-36-28-40-14-6-10-20-49(40)59(53)62-60-50-21-11-7-15-41(50)29-37-54(56)60/h1-37H. The van der Waals surface area contributed by atoms with Crippen molar-refractivity contribution in [3.63, 3.8) is 0 Å². The Balaban J connectivity index is 0.990. The Bertz CT molecular complexity index is 3650. The maximum absolute atomic E-state index is 7.03. The number of nitrogens with zero attached hydrogens (tertiary/aromatic N) is 2. The van der Waals surface area contributed by atoms with E-state index < -0.39 is 6.04 Å². The van der Waals surface area contributed by atoms with E-state index in [1.54, 1.807) is 0 Å². The lowest BCUT2D eigenvalue weighted by Crippen LogP contribution is -2.24. The van der Waals surface area contributed by atoms with Gasteiger partial charge in [0.1, 0.15) is 0 Å². The summed E-state index contributed by atoms with van der Waals surface area (Å²) in [5, 5.41) is 17.4. The van der Waals surface area contributed by atoms with E-state index in [0.717, 1.165) is 86.9 Å². The first kappa shape index (κ1) is 37.0. The zero-order valence-corrected chi connectivity index (χ0v) is 36.3. The van der Waals surface area contributed by atoms with Crippen molar-refractivity contribution < 1.29 is 0 Å². The monoisotopic (exact) mass is 848 g/mol. The van der Waals surface area contributed by atoms with Gasteiger partial charge in [0.2, 0.25) is 0 Å². The average Bonchev–Trinajstić information content (AvgIpc) is 3.37. The van der Waals surface area contributed by atoms with Gasteiger partial charge >= 0.3 is 0 Å². The van der Waals surface area contributed by atoms with Crippen LogP contribution in [0.2, 0.25) is 0 Å². The second kappa shape index (κ2) is 14.5. The van der Waals surface area contributed by atoms with Gasteiger partial charge in [0.15, 0.2) is 0 Å². The molecule has 298 valence electrons. The molecule has 0 atom stereocenters. The van der Waals surface area contributed by atoms with Crippen LogP contribution in [0.15, 0.2) is 224 Å². The van der Waals surface area contributed by atoms with E-state index in [0.29, 0.717) is 0 Å². The predicted octanol–water partition coefficient (Wildman–Crippen LogP) is 14.8. The van der Waals surface area contributed by atoms with E-state index in [2.05, 4.69) is 224 Å². The number of pyridine rings is 2. The molecule has 13 rings (SSSR count). The van der Waals surface area contributed by atoms with Crippen LogP contribution < -0.4 is 15.9 Å². The summed E-state index contributed by atoms with van der Waals surface area (Å²) in [6.45, 7) is 0. The van der Waals surface area contributed by atoms with Gasteiger partial charge in [-0.1, -0.05) is 236 Å². The molecule has 0 aliphatic rings. The fourth-order valence-electron chi connectivity index (χ4n) is 10.2. The molecule has 0 bridgehead atoms. The summed E-state index contributed by atoms with van der Waals surface area (Å²) >= 11 is 7.03. The third-order valence-electron chi connectivity index (χ3n) is 13.3. The molecule has 0 spiro atoms. The summed E-state index contributed by atoms with van der Waals surface area (Å²) in [6, 6.07) is 78.7. The first-order chi connectivity index (χ1) is 31.6. The smallest absolute Gasteiger partial charge is 0.0794 e. The van der Waals surface area contributed by atoms with Gasteiger partial charge in [0.25, 0.3) is 0 Å². The lowest BCUT2D eigenvalue weighted by Gasteiger charge is -2.25. The van der Waals surface area contributed by atoms with Gasteiger partial charge in [-0.25, -0.2) is 9.97 Å². The van der Waals surface area contributed by atoms with Gasteiger partial charge in [-0.05, 0) is 48.6 Å². The van der Waals surface area contributed by atoms with Crippen molar-refractivity contribution >= 4 is 120 Å². The van der Waals surface area contributed by atoms with Gasteiger partial charge < -0.3 is 0 Å². The Morgan fingerprint density at radius 3 is 0.859 bits per heavy atom. The molecule has 0 aliphatic heterocycles. The van der Waals surface area contributed by atoms with Crippen molar-refractivity contribution in [3.05, 3.63) is 224 Å². The minimum Gasteiger partial charge on any atom is -0.246 e. The zero-order chi connectivity index (χ0) is 42.4. The molecule has 0 aliphatic carbocycles. The van der Waals surface area contributed by atoms with Crippen molar-refractivity contribution in [2.45, 2.75) is 0 Å². The van der Waals surface area contributed by atoms with Crippen molar-refractivity contribution in [1.82, 2.24) is 9.97 Å². The topological polar surface area (TPSA) is 25.8 Å². The number of hydrogen-bond donors (Lipinski definition) is 0. The van der Waals surface area contributed by atoms with Crippen LogP contribution in [-0.2, 0) is 11.8 Å². The highest BCUT2D eigenvalue weighted by molar-refractivity contribution is 8.25. The Morgan fingerprint density at radius 2 is 0.531 bits per heavy atom. The highest BCUT2D eigenvalue weighted by Gasteiger charge is 2.26. The second-order valence-corrected chi connectivity index (χ2v) is 21.2. The van der Waals surface area contributed by atoms with Crippen LogP contribution in [-0.4, -0.2) is 9.97 Å². The molecular weight excluding hydrogens is 812 g/mol. The minimum atomic E-state index is -2.51. The van der Waals surface area contributed by atoms with E-state index in [4.69, 9.17) is 21.8 Å². The molecule has 4 heteroatoms. The van der Waals surface area contributed by atoms with Crippen LogP contribution in [0, 0.1) is 0 Å². The third kappa shape index (κ3) is 5.61. The molecule has 0 amide bonds. The molecular formula is C60H37N2PS. The maximum atomic E-state index is 7.03. The molecule has 0 saturated heterocycles. The van der Waals surface area contributed by atoms with Crippen molar-refractivity contribution in [1.29, 1.82) is 0 Å². The lowest BCUT2D eigenvalue weighted by atomic mass is 9.92. The van der Waals surface area contributed by atoms with Crippen molar-refractivity contribution in [2.24, 2.45) is 0 Å². The fourth-order valence-corrected chi connectivity index (χ4v) is 13.9. The fraction of sp³-hybridized carbons (Fsp3) is 0. The maximum Gasteiger partial charge on any atom is 0.0794 e.